The molecule has 0 radical (unpaired) electrons. The first kappa shape index (κ1) is 24.1. The van der Waals surface area contributed by atoms with Crippen LogP contribution in [-0.4, -0.2) is 29.3 Å². The van der Waals surface area contributed by atoms with Crippen LogP contribution in [0.3, 0.4) is 0 Å². The third kappa shape index (κ3) is 5.57. The van der Waals surface area contributed by atoms with Crippen LogP contribution in [0, 0.1) is 5.82 Å². The molecule has 6 nitrogen and oxygen atoms in total. The molecule has 2 unspecified atom stereocenters. The molecule has 3 aromatic carbocycles. The summed E-state index contributed by atoms with van der Waals surface area (Å²) in [5.74, 6) is -1.42. The van der Waals surface area contributed by atoms with Crippen molar-refractivity contribution in [2.45, 2.75) is 37.8 Å². The summed E-state index contributed by atoms with van der Waals surface area (Å²) in [5.41, 5.74) is 1.27. The molecule has 0 saturated carbocycles. The van der Waals surface area contributed by atoms with E-state index in [1.165, 1.54) is 29.8 Å². The first-order valence-electron chi connectivity index (χ1n) is 11.7. The Balaban J connectivity index is 1.42. The SMILES string of the molecule is CC1(c2ccc(F)cc2)NC(=O)N(CC(=O)NC(CCCc2ccccc2)c2ccccc2)C1=O. The van der Waals surface area contributed by atoms with Crippen molar-refractivity contribution >= 4 is 17.8 Å². The Hall–Kier alpha value is -4.00. The average molecular weight is 474 g/mol. The third-order valence-electron chi connectivity index (χ3n) is 6.34. The lowest BCUT2D eigenvalue weighted by Crippen LogP contribution is -2.44. The molecule has 7 heteroatoms. The molecule has 4 rings (SSSR count). The highest BCUT2D eigenvalue weighted by molar-refractivity contribution is 6.09. The number of nitrogens with zero attached hydrogens (tertiary/aromatic N) is 1. The Morgan fingerprint density at radius 1 is 0.971 bits per heavy atom. The zero-order chi connectivity index (χ0) is 24.8. The molecule has 0 aliphatic carbocycles. The number of halogens is 1. The van der Waals surface area contributed by atoms with Gasteiger partial charge < -0.3 is 10.6 Å². The topological polar surface area (TPSA) is 78.5 Å². The molecule has 2 N–H and O–H groups in total. The van der Waals surface area contributed by atoms with E-state index in [1.54, 1.807) is 6.92 Å². The number of imide groups is 1. The fourth-order valence-electron chi connectivity index (χ4n) is 4.37. The fourth-order valence-corrected chi connectivity index (χ4v) is 4.37. The van der Waals surface area contributed by atoms with Crippen molar-refractivity contribution in [3.05, 3.63) is 107 Å². The number of nitrogens with one attached hydrogen (secondary N) is 2. The molecule has 0 spiro atoms. The summed E-state index contributed by atoms with van der Waals surface area (Å²) in [6.45, 7) is 1.15. The molecule has 0 aromatic heterocycles. The molecule has 1 fully saturated rings. The van der Waals surface area contributed by atoms with E-state index in [2.05, 4.69) is 22.8 Å². The van der Waals surface area contributed by atoms with Crippen LogP contribution in [0.15, 0.2) is 84.9 Å². The second kappa shape index (κ2) is 10.5. The number of rotatable bonds is 9. The summed E-state index contributed by atoms with van der Waals surface area (Å²) in [5, 5.41) is 5.64. The second-order valence-electron chi connectivity index (χ2n) is 8.86. The van der Waals surface area contributed by atoms with Gasteiger partial charge in [-0.05, 0) is 55.0 Å². The number of benzene rings is 3. The van der Waals surface area contributed by atoms with Crippen LogP contribution >= 0.6 is 0 Å². The number of aryl methyl sites for hydroxylation is 1. The molecule has 180 valence electrons. The van der Waals surface area contributed by atoms with E-state index in [0.29, 0.717) is 12.0 Å². The smallest absolute Gasteiger partial charge is 0.325 e. The van der Waals surface area contributed by atoms with Crippen molar-refractivity contribution in [3.63, 3.8) is 0 Å². The molecular formula is C28H28FN3O3. The molecule has 3 aromatic rings. The van der Waals surface area contributed by atoms with Gasteiger partial charge >= 0.3 is 6.03 Å². The molecule has 35 heavy (non-hydrogen) atoms. The summed E-state index contributed by atoms with van der Waals surface area (Å²) in [4.78, 5) is 39.6. The monoisotopic (exact) mass is 473 g/mol. The highest BCUT2D eigenvalue weighted by atomic mass is 19.1. The molecular weight excluding hydrogens is 445 g/mol. The lowest BCUT2D eigenvalue weighted by atomic mass is 9.92. The van der Waals surface area contributed by atoms with Crippen LogP contribution in [-0.2, 0) is 21.5 Å². The quantitative estimate of drug-likeness (QED) is 0.450. The molecule has 2 atom stereocenters. The standard InChI is InChI=1S/C28H28FN3O3/c1-28(22-15-17-23(29)18-16-22)26(34)32(27(35)31-28)19-25(33)30-24(21-12-6-3-7-13-21)14-8-11-20-9-4-2-5-10-20/h2-7,9-10,12-13,15-18,24H,8,11,14,19H2,1H3,(H,30,33)(H,31,35). The predicted octanol–water partition coefficient (Wildman–Crippen LogP) is 4.47. The van der Waals surface area contributed by atoms with Gasteiger partial charge in [0, 0.05) is 0 Å². The maximum atomic E-state index is 13.3. The maximum Gasteiger partial charge on any atom is 0.325 e. The van der Waals surface area contributed by atoms with Crippen molar-refractivity contribution in [2.24, 2.45) is 0 Å². The first-order chi connectivity index (χ1) is 16.9. The number of carbonyl (C=O) groups excluding carboxylic acids is 3. The zero-order valence-electron chi connectivity index (χ0n) is 19.5. The van der Waals surface area contributed by atoms with E-state index in [1.807, 2.05) is 48.5 Å². The van der Waals surface area contributed by atoms with E-state index in [4.69, 9.17) is 0 Å². The minimum atomic E-state index is -1.36. The molecule has 1 aliphatic rings. The Bertz CT molecular complexity index is 1190. The summed E-state index contributed by atoms with van der Waals surface area (Å²) < 4.78 is 13.3. The van der Waals surface area contributed by atoms with Crippen molar-refractivity contribution in [2.75, 3.05) is 6.54 Å². The van der Waals surface area contributed by atoms with Crippen LogP contribution in [0.4, 0.5) is 9.18 Å². The third-order valence-corrected chi connectivity index (χ3v) is 6.34. The van der Waals surface area contributed by atoms with Gasteiger partial charge in [-0.1, -0.05) is 72.8 Å². The van der Waals surface area contributed by atoms with Crippen LogP contribution in [0.25, 0.3) is 0 Å². The minimum absolute atomic E-state index is 0.253. The largest absolute Gasteiger partial charge is 0.348 e. The zero-order valence-corrected chi connectivity index (χ0v) is 19.5. The molecule has 0 bridgehead atoms. The number of hydrogen-bond acceptors (Lipinski definition) is 3. The van der Waals surface area contributed by atoms with Crippen LogP contribution in [0.2, 0.25) is 0 Å². The first-order valence-corrected chi connectivity index (χ1v) is 11.7. The maximum absolute atomic E-state index is 13.3. The van der Waals surface area contributed by atoms with Gasteiger partial charge in [-0.2, -0.15) is 0 Å². The number of hydrogen-bond donors (Lipinski definition) is 2. The van der Waals surface area contributed by atoms with Gasteiger partial charge in [-0.25, -0.2) is 9.18 Å². The molecule has 4 amide bonds. The van der Waals surface area contributed by atoms with Gasteiger partial charge in [0.15, 0.2) is 0 Å². The second-order valence-corrected chi connectivity index (χ2v) is 8.86. The molecule has 1 heterocycles. The minimum Gasteiger partial charge on any atom is -0.348 e. The van der Waals surface area contributed by atoms with Crippen molar-refractivity contribution in [3.8, 4) is 0 Å². The molecule has 1 saturated heterocycles. The van der Waals surface area contributed by atoms with E-state index >= 15 is 0 Å². The number of amides is 4. The van der Waals surface area contributed by atoms with Crippen LogP contribution in [0.5, 0.6) is 0 Å². The van der Waals surface area contributed by atoms with Gasteiger partial charge in [0.1, 0.15) is 17.9 Å². The summed E-state index contributed by atoms with van der Waals surface area (Å²) in [6, 6.07) is 24.2. The van der Waals surface area contributed by atoms with Crippen LogP contribution < -0.4 is 10.6 Å². The van der Waals surface area contributed by atoms with Gasteiger partial charge in [-0.3, -0.25) is 14.5 Å². The van der Waals surface area contributed by atoms with Crippen LogP contribution in [0.1, 0.15) is 42.5 Å². The van der Waals surface area contributed by atoms with E-state index in [9.17, 15) is 18.8 Å². The van der Waals surface area contributed by atoms with Gasteiger partial charge in [0.05, 0.1) is 6.04 Å². The Labute approximate surface area is 204 Å². The summed E-state index contributed by atoms with van der Waals surface area (Å²) >= 11 is 0. The lowest BCUT2D eigenvalue weighted by molar-refractivity contribution is -0.135. The fraction of sp³-hybridized carbons (Fsp3) is 0.250. The number of urea groups is 1. The van der Waals surface area contributed by atoms with E-state index < -0.39 is 35.7 Å². The Morgan fingerprint density at radius 2 is 1.60 bits per heavy atom. The van der Waals surface area contributed by atoms with E-state index in [-0.39, 0.29) is 6.04 Å². The highest BCUT2D eigenvalue weighted by Crippen LogP contribution is 2.29. The Morgan fingerprint density at radius 3 is 2.26 bits per heavy atom. The van der Waals surface area contributed by atoms with Crippen molar-refractivity contribution in [1.29, 1.82) is 0 Å². The van der Waals surface area contributed by atoms with Gasteiger partial charge in [0.2, 0.25) is 5.91 Å². The lowest BCUT2D eigenvalue weighted by Gasteiger charge is -2.23. The van der Waals surface area contributed by atoms with Gasteiger partial charge in [-0.15, -0.1) is 0 Å². The normalized spacial score (nSPS) is 18.3. The van der Waals surface area contributed by atoms with E-state index in [0.717, 1.165) is 23.3 Å². The average Bonchev–Trinajstić information content (AvgIpc) is 3.08. The van der Waals surface area contributed by atoms with Gasteiger partial charge in [0.25, 0.3) is 5.91 Å². The Kier molecular flexibility index (Phi) is 7.25. The highest BCUT2D eigenvalue weighted by Gasteiger charge is 2.49. The summed E-state index contributed by atoms with van der Waals surface area (Å²) in [6.07, 6.45) is 2.44. The number of carbonyl (C=O) groups is 3. The predicted molar refractivity (Wildman–Crippen MR) is 131 cm³/mol. The molecule has 1 aliphatic heterocycles. The van der Waals surface area contributed by atoms with Crippen molar-refractivity contribution < 1.29 is 18.8 Å². The summed E-state index contributed by atoms with van der Waals surface area (Å²) in [7, 11) is 0. The van der Waals surface area contributed by atoms with Crippen molar-refractivity contribution in [1.82, 2.24) is 15.5 Å².